The van der Waals surface area contributed by atoms with Gasteiger partial charge in [-0.25, -0.2) is 18.6 Å². The molecule has 1 aromatic heterocycles. The molecule has 1 heterocycles. The van der Waals surface area contributed by atoms with E-state index in [0.717, 1.165) is 30.3 Å². The van der Waals surface area contributed by atoms with Gasteiger partial charge >= 0.3 is 0 Å². The zero-order chi connectivity index (χ0) is 23.2. The standard InChI is InChI=1S/C22H25N5O5S/c1-26(21-15-7-6-14(12-15)20(21)22(28)24-29)33(30,31)17-10-8-16(9-11-17)32-13-27-19-5-3-2-4-18(19)23-25-27/h2-5,8-11,14-15,20-21,29H,6-7,12-13H2,1H3,(H,24,28)/t14-,15+,20+,21-/m1/s1. The van der Waals surface area contributed by atoms with E-state index in [9.17, 15) is 13.2 Å². The molecule has 2 saturated carbocycles. The second-order valence-electron chi connectivity index (χ2n) is 8.67. The molecule has 0 aliphatic heterocycles. The summed E-state index contributed by atoms with van der Waals surface area (Å²) in [5.41, 5.74) is 3.33. The number of hydrogen-bond donors (Lipinski definition) is 2. The van der Waals surface area contributed by atoms with Crippen molar-refractivity contribution in [2.45, 2.75) is 36.9 Å². The van der Waals surface area contributed by atoms with E-state index in [1.54, 1.807) is 22.3 Å². The number of nitrogens with one attached hydrogen (secondary N) is 1. The maximum Gasteiger partial charge on any atom is 0.248 e. The highest BCUT2D eigenvalue weighted by Gasteiger charge is 2.54. The molecular weight excluding hydrogens is 446 g/mol. The second-order valence-corrected chi connectivity index (χ2v) is 10.7. The van der Waals surface area contributed by atoms with E-state index < -0.39 is 27.9 Å². The largest absolute Gasteiger partial charge is 0.471 e. The fourth-order valence-corrected chi connectivity index (χ4v) is 6.85. The summed E-state index contributed by atoms with van der Waals surface area (Å²) in [4.78, 5) is 12.4. The van der Waals surface area contributed by atoms with E-state index in [-0.39, 0.29) is 23.5 Å². The van der Waals surface area contributed by atoms with Crippen molar-refractivity contribution in [2.75, 3.05) is 7.05 Å². The monoisotopic (exact) mass is 471 g/mol. The maximum atomic E-state index is 13.3. The highest BCUT2D eigenvalue weighted by Crippen LogP contribution is 2.51. The molecule has 2 N–H and O–H groups in total. The lowest BCUT2D eigenvalue weighted by Gasteiger charge is -2.35. The summed E-state index contributed by atoms with van der Waals surface area (Å²) < 4.78 is 35.3. The third kappa shape index (κ3) is 3.75. The van der Waals surface area contributed by atoms with Gasteiger partial charge in [-0.3, -0.25) is 10.0 Å². The van der Waals surface area contributed by atoms with Crippen LogP contribution in [-0.4, -0.2) is 51.9 Å². The van der Waals surface area contributed by atoms with Crippen LogP contribution in [0.4, 0.5) is 0 Å². The van der Waals surface area contributed by atoms with Gasteiger partial charge < -0.3 is 4.74 Å². The van der Waals surface area contributed by atoms with Crippen molar-refractivity contribution < 1.29 is 23.2 Å². The van der Waals surface area contributed by atoms with E-state index >= 15 is 0 Å². The summed E-state index contributed by atoms with van der Waals surface area (Å²) in [6.07, 6.45) is 2.56. The first-order valence-corrected chi connectivity index (χ1v) is 12.3. The Morgan fingerprint density at radius 2 is 1.91 bits per heavy atom. The number of ether oxygens (including phenoxy) is 1. The Morgan fingerprint density at radius 3 is 2.67 bits per heavy atom. The Morgan fingerprint density at radius 1 is 1.18 bits per heavy atom. The van der Waals surface area contributed by atoms with Gasteiger partial charge in [-0.2, -0.15) is 4.31 Å². The number of fused-ring (bicyclic) bond motifs is 3. The van der Waals surface area contributed by atoms with Gasteiger partial charge in [0.2, 0.25) is 15.9 Å². The van der Waals surface area contributed by atoms with Gasteiger partial charge in [-0.15, -0.1) is 5.10 Å². The average Bonchev–Trinajstić information content (AvgIpc) is 3.56. The zero-order valence-electron chi connectivity index (χ0n) is 18.0. The summed E-state index contributed by atoms with van der Waals surface area (Å²) >= 11 is 0. The lowest BCUT2D eigenvalue weighted by atomic mass is 9.84. The fraction of sp³-hybridized carbons (Fsp3) is 0.409. The first-order valence-electron chi connectivity index (χ1n) is 10.8. The highest BCUT2D eigenvalue weighted by atomic mass is 32.2. The second kappa shape index (κ2) is 8.40. The molecule has 4 atom stereocenters. The first-order chi connectivity index (χ1) is 15.9. The molecule has 2 aliphatic carbocycles. The quantitative estimate of drug-likeness (QED) is 0.399. The Labute approximate surface area is 191 Å². The van der Waals surface area contributed by atoms with Crippen LogP contribution in [-0.2, 0) is 21.5 Å². The van der Waals surface area contributed by atoms with E-state index in [1.165, 1.54) is 23.5 Å². The van der Waals surface area contributed by atoms with Crippen LogP contribution in [0.15, 0.2) is 53.4 Å². The van der Waals surface area contributed by atoms with Crippen molar-refractivity contribution >= 4 is 27.0 Å². The smallest absolute Gasteiger partial charge is 0.248 e. The number of carbonyl (C=O) groups excluding carboxylic acids is 1. The number of carbonyl (C=O) groups is 1. The van der Waals surface area contributed by atoms with Crippen molar-refractivity contribution in [3.05, 3.63) is 48.5 Å². The molecule has 2 aromatic carbocycles. The first kappa shape index (κ1) is 21.8. The number of hydroxylamine groups is 1. The van der Waals surface area contributed by atoms with Crippen LogP contribution in [0.2, 0.25) is 0 Å². The number of benzene rings is 2. The molecule has 11 heteroatoms. The summed E-state index contributed by atoms with van der Waals surface area (Å²) in [6, 6.07) is 13.2. The summed E-state index contributed by atoms with van der Waals surface area (Å²) in [5, 5.41) is 17.3. The number of hydrogen-bond acceptors (Lipinski definition) is 7. The van der Waals surface area contributed by atoms with E-state index in [0.29, 0.717) is 5.75 Å². The van der Waals surface area contributed by atoms with Crippen LogP contribution in [0.25, 0.3) is 11.0 Å². The normalized spacial score (nSPS) is 24.5. The average molecular weight is 472 g/mol. The van der Waals surface area contributed by atoms with Crippen LogP contribution >= 0.6 is 0 Å². The maximum absolute atomic E-state index is 13.3. The molecule has 10 nitrogen and oxygen atoms in total. The van der Waals surface area contributed by atoms with Crippen LogP contribution in [0.1, 0.15) is 19.3 Å². The van der Waals surface area contributed by atoms with Crippen LogP contribution in [0.5, 0.6) is 5.75 Å². The molecular formula is C22H25N5O5S. The van der Waals surface area contributed by atoms with Crippen molar-refractivity contribution in [1.82, 2.24) is 24.8 Å². The fourth-order valence-electron chi connectivity index (χ4n) is 5.41. The van der Waals surface area contributed by atoms with E-state index in [2.05, 4.69) is 10.3 Å². The van der Waals surface area contributed by atoms with Crippen molar-refractivity contribution in [1.29, 1.82) is 0 Å². The highest BCUT2D eigenvalue weighted by molar-refractivity contribution is 7.89. The topological polar surface area (TPSA) is 127 Å². The van der Waals surface area contributed by atoms with Gasteiger partial charge in [-0.05, 0) is 67.5 Å². The minimum Gasteiger partial charge on any atom is -0.471 e. The third-order valence-electron chi connectivity index (χ3n) is 6.98. The molecule has 2 fully saturated rings. The van der Waals surface area contributed by atoms with Crippen molar-refractivity contribution in [3.8, 4) is 5.75 Å². The minimum absolute atomic E-state index is 0.0912. The van der Waals surface area contributed by atoms with Gasteiger partial charge in [0.1, 0.15) is 11.3 Å². The third-order valence-corrected chi connectivity index (χ3v) is 8.85. The van der Waals surface area contributed by atoms with Gasteiger partial charge in [-0.1, -0.05) is 17.3 Å². The van der Waals surface area contributed by atoms with Gasteiger partial charge in [0.05, 0.1) is 16.3 Å². The van der Waals surface area contributed by atoms with Crippen molar-refractivity contribution in [2.24, 2.45) is 17.8 Å². The lowest BCUT2D eigenvalue weighted by molar-refractivity contribution is -0.136. The van der Waals surface area contributed by atoms with Crippen LogP contribution in [0.3, 0.4) is 0 Å². The van der Waals surface area contributed by atoms with E-state index in [1.807, 2.05) is 24.3 Å². The van der Waals surface area contributed by atoms with Crippen molar-refractivity contribution in [3.63, 3.8) is 0 Å². The van der Waals surface area contributed by atoms with Gasteiger partial charge in [0, 0.05) is 13.1 Å². The number of rotatable bonds is 7. The molecule has 0 unspecified atom stereocenters. The Balaban J connectivity index is 1.31. The number of para-hydroxylation sites is 1. The lowest BCUT2D eigenvalue weighted by Crippen LogP contribution is -2.50. The number of aromatic nitrogens is 3. The molecule has 5 rings (SSSR count). The van der Waals surface area contributed by atoms with Gasteiger partial charge in [0.15, 0.2) is 6.73 Å². The minimum atomic E-state index is -3.83. The summed E-state index contributed by atoms with van der Waals surface area (Å²) in [7, 11) is -2.32. The molecule has 174 valence electrons. The predicted molar refractivity (Wildman–Crippen MR) is 118 cm³/mol. The van der Waals surface area contributed by atoms with Crippen LogP contribution in [0, 0.1) is 17.8 Å². The molecule has 2 aliphatic rings. The number of sulfonamides is 1. The van der Waals surface area contributed by atoms with E-state index in [4.69, 9.17) is 9.94 Å². The van der Waals surface area contributed by atoms with Crippen LogP contribution < -0.4 is 10.2 Å². The summed E-state index contributed by atoms with van der Waals surface area (Å²) in [5.74, 6) is -0.369. The molecule has 33 heavy (non-hydrogen) atoms. The Bertz CT molecular complexity index is 1280. The Hall–Kier alpha value is -3.02. The SMILES string of the molecule is CN([C@@H]1[C@H]2CC[C@H](C2)[C@@H]1C(=O)NO)S(=O)(=O)c1ccc(OCn2nnc3ccccc32)cc1. The summed E-state index contributed by atoms with van der Waals surface area (Å²) in [6.45, 7) is 0.135. The number of amides is 1. The number of nitrogens with zero attached hydrogens (tertiary/aromatic N) is 4. The molecule has 1 amide bonds. The molecule has 2 bridgehead atoms. The predicted octanol–water partition coefficient (Wildman–Crippen LogP) is 2.01. The molecule has 0 saturated heterocycles. The molecule has 0 radical (unpaired) electrons. The zero-order valence-corrected chi connectivity index (χ0v) is 18.9. The molecule has 3 aromatic rings. The van der Waals surface area contributed by atoms with Gasteiger partial charge in [0.25, 0.3) is 0 Å². The Kier molecular flexibility index (Phi) is 5.55. The molecule has 0 spiro atoms.